The number of nitriles is 1. The number of carbonyl (C=O) groups excluding carboxylic acids is 4. The summed E-state index contributed by atoms with van der Waals surface area (Å²) in [4.78, 5) is 55.6. The predicted octanol–water partition coefficient (Wildman–Crippen LogP) is 6.98. The lowest BCUT2D eigenvalue weighted by molar-refractivity contribution is -0.196. The standard InChI is InChI=1S/C50H60N4O9/c1-48(2)45(49(3,4)47(48)63-37-13-9-32(29-51)43(26-37)59-5)28-41(56)31-7-10-33(11-8-31)53-19-17-50(18-20-53)30-54(21-22-61-50)34-23-38(24-34)62-36-14-15-39(44(27-36)60-6)46(58)52-40-16-12-35(55)25-42(40)57/h7-11,13-15,26-27,34,38,40,45,47H,12,16-25,28,30H2,1-6H3,(H,52,58)/t34?,38?,40-,45?,47?/m0/s1. The number of rotatable bonds is 13. The Hall–Kier alpha value is -5.45. The van der Waals surface area contributed by atoms with E-state index in [1.165, 1.54) is 7.11 Å². The lowest BCUT2D eigenvalue weighted by Crippen LogP contribution is -2.66. The third-order valence-electron chi connectivity index (χ3n) is 14.7. The zero-order chi connectivity index (χ0) is 44.7. The van der Waals surface area contributed by atoms with E-state index >= 15 is 0 Å². The van der Waals surface area contributed by atoms with E-state index in [-0.39, 0.29) is 64.7 Å². The summed E-state index contributed by atoms with van der Waals surface area (Å²) in [6, 6.07) is 20.4. The molecule has 13 nitrogen and oxygen atoms in total. The van der Waals surface area contributed by atoms with Gasteiger partial charge in [0.25, 0.3) is 5.91 Å². The highest BCUT2D eigenvalue weighted by Gasteiger charge is 2.63. The second kappa shape index (κ2) is 17.6. The predicted molar refractivity (Wildman–Crippen MR) is 236 cm³/mol. The minimum absolute atomic E-state index is 0.0510. The number of Topliss-reactive ketones (excluding diaryl/α,β-unsaturated/α-hetero) is 3. The summed E-state index contributed by atoms with van der Waals surface area (Å²) in [5.41, 5.74) is 1.94. The normalized spacial score (nSPS) is 26.1. The van der Waals surface area contributed by atoms with E-state index in [1.807, 2.05) is 12.1 Å². The van der Waals surface area contributed by atoms with Crippen LogP contribution >= 0.6 is 0 Å². The molecule has 3 saturated carbocycles. The van der Waals surface area contributed by atoms with Crippen LogP contribution < -0.4 is 29.2 Å². The largest absolute Gasteiger partial charge is 0.496 e. The van der Waals surface area contributed by atoms with Crippen molar-refractivity contribution in [1.29, 1.82) is 5.26 Å². The molecule has 13 heteroatoms. The topological polar surface area (TPSA) is 157 Å². The fourth-order valence-corrected chi connectivity index (χ4v) is 11.1. The number of hydrogen-bond acceptors (Lipinski definition) is 12. The van der Waals surface area contributed by atoms with E-state index < -0.39 is 11.9 Å². The quantitative estimate of drug-likeness (QED) is 0.139. The fraction of sp³-hybridized carbons (Fsp3) is 0.540. The summed E-state index contributed by atoms with van der Waals surface area (Å²) in [6.45, 7) is 12.9. The van der Waals surface area contributed by atoms with Crippen LogP contribution in [0, 0.1) is 28.1 Å². The third kappa shape index (κ3) is 8.89. The number of carbonyl (C=O) groups is 4. The molecule has 3 aromatic rings. The van der Waals surface area contributed by atoms with Crippen LogP contribution in [0.4, 0.5) is 5.69 Å². The smallest absolute Gasteiger partial charge is 0.255 e. The maximum atomic E-state index is 13.7. The molecule has 63 heavy (non-hydrogen) atoms. The second-order valence-electron chi connectivity index (χ2n) is 19.3. The minimum Gasteiger partial charge on any atom is -0.496 e. The van der Waals surface area contributed by atoms with Gasteiger partial charge < -0.3 is 33.9 Å². The monoisotopic (exact) mass is 860 g/mol. The molecule has 0 bridgehead atoms. The van der Waals surface area contributed by atoms with Crippen molar-refractivity contribution < 1.29 is 42.9 Å². The zero-order valence-corrected chi connectivity index (χ0v) is 37.4. The van der Waals surface area contributed by atoms with Gasteiger partial charge in [-0.2, -0.15) is 5.26 Å². The van der Waals surface area contributed by atoms with Crippen LogP contribution in [0.25, 0.3) is 0 Å². The van der Waals surface area contributed by atoms with Gasteiger partial charge in [-0.05, 0) is 73.7 Å². The summed E-state index contributed by atoms with van der Waals surface area (Å²) < 4.78 is 30.3. The summed E-state index contributed by atoms with van der Waals surface area (Å²) in [6.07, 6.45) is 4.48. The Balaban J connectivity index is 0.793. The lowest BCUT2D eigenvalue weighted by atomic mass is 9.44. The number of nitrogens with zero attached hydrogens (tertiary/aromatic N) is 3. The molecule has 334 valence electrons. The van der Waals surface area contributed by atoms with Gasteiger partial charge in [-0.25, -0.2) is 0 Å². The zero-order valence-electron chi connectivity index (χ0n) is 37.4. The van der Waals surface area contributed by atoms with Crippen molar-refractivity contribution in [2.24, 2.45) is 16.7 Å². The first-order valence-electron chi connectivity index (χ1n) is 22.3. The molecule has 2 saturated heterocycles. The average Bonchev–Trinajstić information content (AvgIpc) is 3.26. The summed E-state index contributed by atoms with van der Waals surface area (Å²) in [5.74, 6) is 1.63. The van der Waals surface area contributed by atoms with Gasteiger partial charge in [0, 0.05) is 92.1 Å². The maximum absolute atomic E-state index is 13.7. The van der Waals surface area contributed by atoms with Gasteiger partial charge in [-0.15, -0.1) is 0 Å². The van der Waals surface area contributed by atoms with Crippen LogP contribution in [0.5, 0.6) is 23.0 Å². The van der Waals surface area contributed by atoms with Crippen molar-refractivity contribution in [3.8, 4) is 29.1 Å². The Bertz CT molecular complexity index is 2250. The van der Waals surface area contributed by atoms with E-state index in [2.05, 4.69) is 61.0 Å². The second-order valence-corrected chi connectivity index (χ2v) is 19.3. The minimum atomic E-state index is -0.665. The van der Waals surface area contributed by atoms with Crippen LogP contribution in [0.15, 0.2) is 60.7 Å². The summed E-state index contributed by atoms with van der Waals surface area (Å²) in [7, 11) is 3.05. The Morgan fingerprint density at radius 3 is 2.21 bits per heavy atom. The molecular weight excluding hydrogens is 801 g/mol. The average molecular weight is 861 g/mol. The number of ketones is 3. The number of ether oxygens (including phenoxy) is 5. The van der Waals surface area contributed by atoms with Crippen molar-refractivity contribution in [3.05, 3.63) is 77.4 Å². The number of hydrogen-bond donors (Lipinski definition) is 1. The molecule has 1 amide bonds. The van der Waals surface area contributed by atoms with Gasteiger partial charge in [0.05, 0.1) is 50.0 Å². The van der Waals surface area contributed by atoms with Gasteiger partial charge >= 0.3 is 0 Å². The van der Waals surface area contributed by atoms with Crippen molar-refractivity contribution in [2.45, 2.75) is 109 Å². The molecule has 2 heterocycles. The molecule has 8 rings (SSSR count). The van der Waals surface area contributed by atoms with E-state index in [4.69, 9.17) is 23.7 Å². The third-order valence-corrected chi connectivity index (χ3v) is 14.7. The van der Waals surface area contributed by atoms with Crippen molar-refractivity contribution in [3.63, 3.8) is 0 Å². The number of methoxy groups -OCH3 is 2. The molecule has 0 aromatic heterocycles. The first-order chi connectivity index (χ1) is 30.1. The molecule has 5 fully saturated rings. The lowest BCUT2D eigenvalue weighted by Gasteiger charge is -2.63. The Labute approximate surface area is 370 Å². The summed E-state index contributed by atoms with van der Waals surface area (Å²) in [5, 5.41) is 12.1. The highest BCUT2D eigenvalue weighted by atomic mass is 16.5. The SMILES string of the molecule is COc1cc(OC2C(C)(C)C(CC(=O)c3ccc(N4CCC5(CC4)CN(C4CC(Oc6ccc(C(=O)N[C@H]7CCC(=O)CC7=O)c(OC)c6)C4)CCO5)cc3)C2(C)C)ccc1C#N. The number of piperidine rings is 1. The molecule has 1 N–H and O–H groups in total. The van der Waals surface area contributed by atoms with Crippen molar-refractivity contribution >= 4 is 28.9 Å². The molecule has 3 aromatic carbocycles. The number of morpholine rings is 1. The van der Waals surface area contributed by atoms with Crippen LogP contribution in [0.2, 0.25) is 0 Å². The highest BCUT2D eigenvalue weighted by Crippen LogP contribution is 2.62. The number of nitrogens with one attached hydrogen (secondary N) is 1. The molecule has 3 aliphatic carbocycles. The van der Waals surface area contributed by atoms with Crippen molar-refractivity contribution in [1.82, 2.24) is 10.2 Å². The molecule has 2 aliphatic heterocycles. The van der Waals surface area contributed by atoms with E-state index in [9.17, 15) is 24.4 Å². The van der Waals surface area contributed by atoms with Gasteiger partial charge in [0.2, 0.25) is 0 Å². The molecular formula is C50H60N4O9. The Morgan fingerprint density at radius 2 is 1.54 bits per heavy atom. The molecule has 0 radical (unpaired) electrons. The number of benzene rings is 3. The highest BCUT2D eigenvalue weighted by molar-refractivity contribution is 6.07. The molecule has 0 unspecified atom stereocenters. The molecule has 5 aliphatic rings. The Morgan fingerprint density at radius 1 is 0.873 bits per heavy atom. The maximum Gasteiger partial charge on any atom is 0.255 e. The number of anilines is 1. The van der Waals surface area contributed by atoms with E-state index in [0.29, 0.717) is 59.6 Å². The summed E-state index contributed by atoms with van der Waals surface area (Å²) >= 11 is 0. The molecule has 1 spiro atoms. The number of amides is 1. The van der Waals surface area contributed by atoms with Gasteiger partial charge in [0.15, 0.2) is 11.6 Å². The Kier molecular flexibility index (Phi) is 12.3. The van der Waals surface area contributed by atoms with Gasteiger partial charge in [-0.1, -0.05) is 27.7 Å². The van der Waals surface area contributed by atoms with Crippen LogP contribution in [0.1, 0.15) is 105 Å². The van der Waals surface area contributed by atoms with Crippen molar-refractivity contribution in [2.75, 3.05) is 51.9 Å². The van der Waals surface area contributed by atoms with Crippen LogP contribution in [0.3, 0.4) is 0 Å². The van der Waals surface area contributed by atoms with E-state index in [1.54, 1.807) is 43.5 Å². The van der Waals surface area contributed by atoms with Gasteiger partial charge in [-0.3, -0.25) is 24.1 Å². The fourth-order valence-electron chi connectivity index (χ4n) is 11.1. The first-order valence-corrected chi connectivity index (χ1v) is 22.3. The van der Waals surface area contributed by atoms with Gasteiger partial charge in [0.1, 0.15) is 47.1 Å². The van der Waals surface area contributed by atoms with Crippen LogP contribution in [-0.4, -0.2) is 105 Å². The van der Waals surface area contributed by atoms with Crippen LogP contribution in [-0.2, 0) is 14.3 Å². The van der Waals surface area contributed by atoms with E-state index in [0.717, 1.165) is 63.1 Å². The molecule has 1 atom stereocenters. The first kappa shape index (κ1) is 44.2.